The highest BCUT2D eigenvalue weighted by atomic mass is 19.1. The number of Topliss-reactive ketones (excluding diaryl/α,β-unsaturated/α-hetero) is 1. The van der Waals surface area contributed by atoms with E-state index in [2.05, 4.69) is 11.6 Å². The van der Waals surface area contributed by atoms with Crippen LogP contribution in [0.25, 0.3) is 5.76 Å². The summed E-state index contributed by atoms with van der Waals surface area (Å²) in [5, 5.41) is 11.1. The van der Waals surface area contributed by atoms with Gasteiger partial charge in [-0.25, -0.2) is 9.37 Å². The van der Waals surface area contributed by atoms with E-state index in [-0.39, 0.29) is 23.4 Å². The van der Waals surface area contributed by atoms with Crippen molar-refractivity contribution in [3.8, 4) is 5.75 Å². The average Bonchev–Trinajstić information content (AvgIpc) is 3.45. The van der Waals surface area contributed by atoms with Gasteiger partial charge in [0.1, 0.15) is 23.9 Å². The third kappa shape index (κ3) is 4.61. The summed E-state index contributed by atoms with van der Waals surface area (Å²) >= 11 is 0. The molecule has 1 saturated heterocycles. The molecule has 8 heteroatoms. The third-order valence-corrected chi connectivity index (χ3v) is 5.61. The Bertz CT molecular complexity index is 1220. The molecule has 2 aromatic carbocycles. The van der Waals surface area contributed by atoms with Gasteiger partial charge in [0.25, 0.3) is 11.7 Å². The number of aryl methyl sites for hydroxylation is 1. The summed E-state index contributed by atoms with van der Waals surface area (Å²) in [7, 11) is 0. The standard InChI is InChI=1S/C26H24FN3O4/c1-2-16-34-19-10-8-18(9-11-19)24(31)22-23(20-6-3-4-7-21(20)27)30(26(33)25(22)32)14-5-13-29-15-12-28-17-29/h2-4,6-12,15,17,23,31H,1,5,13-14,16H2/b24-22+/t23-/m0/s1. The molecule has 0 spiro atoms. The van der Waals surface area contributed by atoms with Crippen molar-refractivity contribution in [2.45, 2.75) is 19.0 Å². The molecule has 0 bridgehead atoms. The number of hydrogen-bond donors (Lipinski definition) is 1. The van der Waals surface area contributed by atoms with Gasteiger partial charge in [0.15, 0.2) is 0 Å². The summed E-state index contributed by atoms with van der Waals surface area (Å²) in [6.45, 7) is 4.69. The fourth-order valence-corrected chi connectivity index (χ4v) is 3.99. The molecule has 7 nitrogen and oxygen atoms in total. The largest absolute Gasteiger partial charge is 0.507 e. The minimum absolute atomic E-state index is 0.141. The molecule has 2 heterocycles. The molecule has 1 aliphatic heterocycles. The van der Waals surface area contributed by atoms with E-state index in [1.165, 1.54) is 23.1 Å². The maximum absolute atomic E-state index is 14.8. The normalized spacial score (nSPS) is 17.2. The van der Waals surface area contributed by atoms with Crippen LogP contribution < -0.4 is 4.74 Å². The predicted molar refractivity (Wildman–Crippen MR) is 124 cm³/mol. The zero-order valence-electron chi connectivity index (χ0n) is 18.4. The second-order valence-corrected chi connectivity index (χ2v) is 7.79. The Morgan fingerprint density at radius 1 is 1.15 bits per heavy atom. The van der Waals surface area contributed by atoms with Crippen LogP contribution in [0, 0.1) is 5.82 Å². The quantitative estimate of drug-likeness (QED) is 0.225. The first-order chi connectivity index (χ1) is 16.5. The minimum Gasteiger partial charge on any atom is -0.507 e. The maximum atomic E-state index is 14.8. The van der Waals surface area contributed by atoms with Gasteiger partial charge in [-0.2, -0.15) is 0 Å². The summed E-state index contributed by atoms with van der Waals surface area (Å²) in [6.07, 6.45) is 7.23. The second kappa shape index (κ2) is 10.2. The fourth-order valence-electron chi connectivity index (χ4n) is 3.99. The van der Waals surface area contributed by atoms with E-state index < -0.39 is 23.5 Å². The van der Waals surface area contributed by atoms with E-state index >= 15 is 0 Å². The van der Waals surface area contributed by atoms with Crippen LogP contribution >= 0.6 is 0 Å². The number of ketones is 1. The lowest BCUT2D eigenvalue weighted by molar-refractivity contribution is -0.140. The number of carbonyl (C=O) groups excluding carboxylic acids is 2. The van der Waals surface area contributed by atoms with Crippen LogP contribution in [-0.4, -0.2) is 44.4 Å². The number of aromatic nitrogens is 2. The number of halogens is 1. The lowest BCUT2D eigenvalue weighted by Gasteiger charge is -2.25. The van der Waals surface area contributed by atoms with Crippen LogP contribution in [0.15, 0.2) is 85.5 Å². The van der Waals surface area contributed by atoms with Crippen LogP contribution in [-0.2, 0) is 16.1 Å². The molecule has 3 aromatic rings. The van der Waals surface area contributed by atoms with Crippen molar-refractivity contribution in [1.29, 1.82) is 0 Å². The van der Waals surface area contributed by atoms with E-state index in [9.17, 15) is 19.1 Å². The Labute approximate surface area is 196 Å². The van der Waals surface area contributed by atoms with Crippen LogP contribution in [0.1, 0.15) is 23.6 Å². The van der Waals surface area contributed by atoms with Crippen molar-refractivity contribution in [2.24, 2.45) is 0 Å². The van der Waals surface area contributed by atoms with Gasteiger partial charge in [0.05, 0.1) is 17.9 Å². The van der Waals surface area contributed by atoms with Crippen molar-refractivity contribution in [1.82, 2.24) is 14.5 Å². The lowest BCUT2D eigenvalue weighted by atomic mass is 9.95. The zero-order chi connectivity index (χ0) is 24.1. The molecular formula is C26H24FN3O4. The Morgan fingerprint density at radius 2 is 1.91 bits per heavy atom. The highest BCUT2D eigenvalue weighted by Gasteiger charge is 2.46. The molecule has 0 unspecified atom stereocenters. The van der Waals surface area contributed by atoms with Gasteiger partial charge in [-0.1, -0.05) is 30.9 Å². The highest BCUT2D eigenvalue weighted by molar-refractivity contribution is 6.46. The first-order valence-corrected chi connectivity index (χ1v) is 10.8. The van der Waals surface area contributed by atoms with E-state index in [0.29, 0.717) is 30.9 Å². The molecule has 1 aliphatic rings. The van der Waals surface area contributed by atoms with Crippen LogP contribution in [0.2, 0.25) is 0 Å². The smallest absolute Gasteiger partial charge is 0.295 e. The molecule has 174 valence electrons. The van der Waals surface area contributed by atoms with E-state index in [0.717, 1.165) is 0 Å². The van der Waals surface area contributed by atoms with Gasteiger partial charge in [0, 0.05) is 36.6 Å². The van der Waals surface area contributed by atoms with E-state index in [1.54, 1.807) is 55.1 Å². The number of benzene rings is 2. The highest BCUT2D eigenvalue weighted by Crippen LogP contribution is 2.40. The van der Waals surface area contributed by atoms with Crippen molar-refractivity contribution in [3.05, 3.63) is 102 Å². The number of hydrogen-bond acceptors (Lipinski definition) is 5. The minimum atomic E-state index is -1.04. The van der Waals surface area contributed by atoms with Gasteiger partial charge in [-0.3, -0.25) is 9.59 Å². The number of likely N-dealkylation sites (tertiary alicyclic amines) is 1. The molecular weight excluding hydrogens is 437 g/mol. The van der Waals surface area contributed by atoms with Crippen molar-refractivity contribution in [3.63, 3.8) is 0 Å². The molecule has 0 saturated carbocycles. The molecule has 34 heavy (non-hydrogen) atoms. The lowest BCUT2D eigenvalue weighted by Crippen LogP contribution is -2.31. The summed E-state index contributed by atoms with van der Waals surface area (Å²) in [5.41, 5.74) is 0.331. The number of carbonyl (C=O) groups is 2. The molecule has 1 fully saturated rings. The SMILES string of the molecule is C=CCOc1ccc(/C(O)=C2\C(=O)C(=O)N(CCCn3ccnc3)[C@H]2c2ccccc2F)cc1. The predicted octanol–water partition coefficient (Wildman–Crippen LogP) is 4.10. The number of imidazole rings is 1. The average molecular weight is 461 g/mol. The summed E-state index contributed by atoms with van der Waals surface area (Å²) in [6, 6.07) is 11.4. The number of aliphatic hydroxyl groups excluding tert-OH is 1. The topological polar surface area (TPSA) is 84.7 Å². The van der Waals surface area contributed by atoms with Crippen molar-refractivity contribution >= 4 is 17.4 Å². The van der Waals surface area contributed by atoms with Crippen LogP contribution in [0.4, 0.5) is 4.39 Å². The van der Waals surface area contributed by atoms with E-state index in [1.807, 2.05) is 4.57 Å². The molecule has 1 N–H and O–H groups in total. The monoisotopic (exact) mass is 461 g/mol. The van der Waals surface area contributed by atoms with Crippen LogP contribution in [0.3, 0.4) is 0 Å². The Balaban J connectivity index is 1.70. The van der Waals surface area contributed by atoms with Gasteiger partial charge in [-0.05, 0) is 36.8 Å². The first kappa shape index (κ1) is 23.0. The molecule has 1 amide bonds. The van der Waals surface area contributed by atoms with Gasteiger partial charge < -0.3 is 19.3 Å². The number of ether oxygens (including phenoxy) is 1. The number of rotatable bonds is 9. The summed E-state index contributed by atoms with van der Waals surface area (Å²) < 4.78 is 22.1. The zero-order valence-corrected chi connectivity index (χ0v) is 18.4. The van der Waals surface area contributed by atoms with Gasteiger partial charge in [-0.15, -0.1) is 0 Å². The molecule has 1 aromatic heterocycles. The summed E-state index contributed by atoms with van der Waals surface area (Å²) in [5.74, 6) is -1.99. The van der Waals surface area contributed by atoms with E-state index in [4.69, 9.17) is 4.74 Å². The molecule has 0 aliphatic carbocycles. The Kier molecular flexibility index (Phi) is 6.87. The second-order valence-electron chi connectivity index (χ2n) is 7.79. The third-order valence-electron chi connectivity index (χ3n) is 5.61. The first-order valence-electron chi connectivity index (χ1n) is 10.8. The molecule has 4 rings (SSSR count). The fraction of sp³-hybridized carbons (Fsp3) is 0.192. The number of amides is 1. The number of aliphatic hydroxyl groups is 1. The molecule has 1 atom stereocenters. The van der Waals surface area contributed by atoms with Crippen molar-refractivity contribution in [2.75, 3.05) is 13.2 Å². The van der Waals surface area contributed by atoms with Crippen LogP contribution in [0.5, 0.6) is 5.75 Å². The van der Waals surface area contributed by atoms with Crippen molar-refractivity contribution < 1.29 is 23.8 Å². The summed E-state index contributed by atoms with van der Waals surface area (Å²) in [4.78, 5) is 31.3. The van der Waals surface area contributed by atoms with Gasteiger partial charge >= 0.3 is 0 Å². The van der Waals surface area contributed by atoms with Gasteiger partial charge in [0.2, 0.25) is 0 Å². The molecule has 0 radical (unpaired) electrons. The maximum Gasteiger partial charge on any atom is 0.295 e. The Morgan fingerprint density at radius 3 is 2.59 bits per heavy atom. The number of nitrogens with zero attached hydrogens (tertiary/aromatic N) is 3. The Hall–Kier alpha value is -4.20.